The van der Waals surface area contributed by atoms with Gasteiger partial charge in [0.2, 0.25) is 0 Å². The highest BCUT2D eigenvalue weighted by Gasteiger charge is 2.25. The van der Waals surface area contributed by atoms with Crippen molar-refractivity contribution in [3.63, 3.8) is 0 Å². The van der Waals surface area contributed by atoms with Crippen molar-refractivity contribution in [3.05, 3.63) is 29.3 Å². The fourth-order valence-corrected chi connectivity index (χ4v) is 1.45. The average Bonchev–Trinajstić information content (AvgIpc) is 2.61. The minimum atomic E-state index is -0.539. The van der Waals surface area contributed by atoms with Gasteiger partial charge in [-0.15, -0.1) is 0 Å². The molecule has 1 aromatic carbocycles. The van der Waals surface area contributed by atoms with Crippen LogP contribution >= 0.6 is 11.6 Å². The summed E-state index contributed by atoms with van der Waals surface area (Å²) >= 11 is 5.79. The Morgan fingerprint density at radius 2 is 2.00 bits per heavy atom. The second-order valence-electron chi connectivity index (χ2n) is 3.50. The lowest BCUT2D eigenvalue weighted by Crippen LogP contribution is -2.21. The molecular weight excluding hydrogens is 242 g/mol. The topological polar surface area (TPSA) is 54.3 Å². The van der Waals surface area contributed by atoms with Gasteiger partial charge >= 0.3 is 5.97 Å². The maximum Gasteiger partial charge on any atom is 0.387 e. The van der Waals surface area contributed by atoms with Crippen LogP contribution < -0.4 is 5.01 Å². The van der Waals surface area contributed by atoms with Crippen molar-refractivity contribution in [2.75, 3.05) is 12.1 Å². The number of rotatable bonds is 2. The highest BCUT2D eigenvalue weighted by molar-refractivity contribution is 6.66. The van der Waals surface area contributed by atoms with Gasteiger partial charge in [0.05, 0.1) is 5.69 Å². The number of anilines is 1. The van der Waals surface area contributed by atoms with E-state index in [-0.39, 0.29) is 5.71 Å². The van der Waals surface area contributed by atoms with Gasteiger partial charge in [-0.05, 0) is 31.2 Å². The molecule has 0 spiro atoms. The van der Waals surface area contributed by atoms with Gasteiger partial charge in [0.1, 0.15) is 5.71 Å². The Hall–Kier alpha value is -1.88. The molecule has 1 aliphatic heterocycles. The fraction of sp³-hybridized carbons (Fsp3) is 0.182. The quantitative estimate of drug-likeness (QED) is 0.597. The van der Waals surface area contributed by atoms with Crippen LogP contribution in [0.1, 0.15) is 6.92 Å². The smallest absolute Gasteiger partial charge is 0.311 e. The van der Waals surface area contributed by atoms with Crippen molar-refractivity contribution in [2.45, 2.75) is 6.92 Å². The minimum absolute atomic E-state index is 0.211. The summed E-state index contributed by atoms with van der Waals surface area (Å²) in [4.78, 5) is 15.8. The molecule has 2 rings (SSSR count). The monoisotopic (exact) mass is 251 g/mol. The van der Waals surface area contributed by atoms with E-state index in [1.807, 2.05) is 0 Å². The molecular formula is C11H10ClN3O2. The molecule has 1 aromatic rings. The second kappa shape index (κ2) is 4.55. The number of benzene rings is 1. The van der Waals surface area contributed by atoms with E-state index < -0.39 is 5.97 Å². The van der Waals surface area contributed by atoms with Gasteiger partial charge in [-0.2, -0.15) is 5.10 Å². The molecule has 0 N–H and O–H groups in total. The summed E-state index contributed by atoms with van der Waals surface area (Å²) in [5.41, 5.74) is 1.49. The summed E-state index contributed by atoms with van der Waals surface area (Å²) in [7, 11) is 1.73. The van der Waals surface area contributed by atoms with Crippen LogP contribution in [0.25, 0.3) is 0 Å². The Bertz CT molecular complexity index is 508. The lowest BCUT2D eigenvalue weighted by Gasteiger charge is -2.13. The van der Waals surface area contributed by atoms with Crippen LogP contribution in [0.3, 0.4) is 0 Å². The zero-order valence-electron chi connectivity index (χ0n) is 9.35. The predicted octanol–water partition coefficient (Wildman–Crippen LogP) is 2.06. The highest BCUT2D eigenvalue weighted by Crippen LogP contribution is 2.17. The summed E-state index contributed by atoms with van der Waals surface area (Å²) in [5, 5.41) is 9.90. The molecule has 0 saturated heterocycles. The SMILES string of the molecule is CC1=NOC(=O)/C1=N\N(C)c1ccc(Cl)cc1. The summed E-state index contributed by atoms with van der Waals surface area (Å²) in [6.45, 7) is 1.67. The van der Waals surface area contributed by atoms with Gasteiger partial charge in [-0.25, -0.2) is 4.79 Å². The first-order valence-electron chi connectivity index (χ1n) is 4.92. The van der Waals surface area contributed by atoms with Crippen LogP contribution in [0.2, 0.25) is 5.02 Å². The molecule has 0 fully saturated rings. The molecule has 0 aromatic heterocycles. The van der Waals surface area contributed by atoms with E-state index in [1.165, 1.54) is 0 Å². The van der Waals surface area contributed by atoms with Crippen LogP contribution in [0, 0.1) is 0 Å². The Labute approximate surface area is 103 Å². The van der Waals surface area contributed by atoms with Crippen LogP contribution in [0.15, 0.2) is 34.5 Å². The van der Waals surface area contributed by atoms with Gasteiger partial charge in [0.15, 0.2) is 5.71 Å². The average molecular weight is 252 g/mol. The molecule has 0 saturated carbocycles. The molecule has 1 heterocycles. The first kappa shape index (κ1) is 11.6. The molecule has 0 radical (unpaired) electrons. The lowest BCUT2D eigenvalue weighted by molar-refractivity contribution is -0.134. The van der Waals surface area contributed by atoms with E-state index in [9.17, 15) is 4.79 Å². The number of hydrazone groups is 1. The molecule has 0 aliphatic carbocycles. The van der Waals surface area contributed by atoms with Gasteiger partial charge in [-0.1, -0.05) is 16.8 Å². The van der Waals surface area contributed by atoms with Crippen molar-refractivity contribution in [2.24, 2.45) is 10.3 Å². The highest BCUT2D eigenvalue weighted by atomic mass is 35.5. The molecule has 0 bridgehead atoms. The molecule has 0 amide bonds. The van der Waals surface area contributed by atoms with E-state index in [2.05, 4.69) is 15.1 Å². The predicted molar refractivity (Wildman–Crippen MR) is 66.5 cm³/mol. The van der Waals surface area contributed by atoms with Crippen molar-refractivity contribution < 1.29 is 9.63 Å². The Morgan fingerprint density at radius 3 is 2.53 bits per heavy atom. The zero-order chi connectivity index (χ0) is 12.4. The summed E-state index contributed by atoms with van der Waals surface area (Å²) < 4.78 is 0. The molecule has 5 nitrogen and oxygen atoms in total. The van der Waals surface area contributed by atoms with Crippen molar-refractivity contribution in [3.8, 4) is 0 Å². The minimum Gasteiger partial charge on any atom is -0.311 e. The molecule has 0 unspecified atom stereocenters. The number of nitrogens with zero attached hydrogens (tertiary/aromatic N) is 3. The van der Waals surface area contributed by atoms with Crippen molar-refractivity contribution in [1.82, 2.24) is 0 Å². The van der Waals surface area contributed by atoms with E-state index in [0.29, 0.717) is 10.7 Å². The summed E-state index contributed by atoms with van der Waals surface area (Å²) in [6, 6.07) is 7.11. The Morgan fingerprint density at radius 1 is 1.35 bits per heavy atom. The number of hydrogen-bond donors (Lipinski definition) is 0. The maximum atomic E-state index is 11.3. The number of oxime groups is 1. The normalized spacial score (nSPS) is 17.0. The van der Waals surface area contributed by atoms with Crippen LogP contribution in [0.4, 0.5) is 5.69 Å². The number of carbonyl (C=O) groups is 1. The van der Waals surface area contributed by atoms with Gasteiger partial charge in [-0.3, -0.25) is 5.01 Å². The third-order valence-corrected chi connectivity index (χ3v) is 2.50. The van der Waals surface area contributed by atoms with E-state index in [0.717, 1.165) is 5.69 Å². The standard InChI is InChI=1S/C11H10ClN3O2/c1-7-10(11(16)17-14-7)13-15(2)9-5-3-8(12)4-6-9/h3-6H,1-2H3/b13-10-. The largest absolute Gasteiger partial charge is 0.387 e. The number of halogens is 1. The molecule has 6 heteroatoms. The van der Waals surface area contributed by atoms with E-state index in [1.54, 1.807) is 43.2 Å². The number of hydrogen-bond acceptors (Lipinski definition) is 5. The summed E-state index contributed by atoms with van der Waals surface area (Å²) in [5.74, 6) is -0.539. The van der Waals surface area contributed by atoms with Gasteiger partial charge in [0, 0.05) is 12.1 Å². The summed E-state index contributed by atoms with van der Waals surface area (Å²) in [6.07, 6.45) is 0. The van der Waals surface area contributed by atoms with E-state index in [4.69, 9.17) is 11.6 Å². The third-order valence-electron chi connectivity index (χ3n) is 2.25. The molecule has 0 atom stereocenters. The van der Waals surface area contributed by atoms with Crippen molar-refractivity contribution in [1.29, 1.82) is 0 Å². The van der Waals surface area contributed by atoms with Crippen LogP contribution in [0.5, 0.6) is 0 Å². The second-order valence-corrected chi connectivity index (χ2v) is 3.94. The fourth-order valence-electron chi connectivity index (χ4n) is 1.32. The third kappa shape index (κ3) is 2.45. The first-order valence-corrected chi connectivity index (χ1v) is 5.30. The molecule has 88 valence electrons. The zero-order valence-corrected chi connectivity index (χ0v) is 10.1. The first-order chi connectivity index (χ1) is 8.08. The Balaban J connectivity index is 2.24. The molecule has 17 heavy (non-hydrogen) atoms. The van der Waals surface area contributed by atoms with E-state index >= 15 is 0 Å². The maximum absolute atomic E-state index is 11.3. The Kier molecular flexibility index (Phi) is 3.10. The van der Waals surface area contributed by atoms with Crippen LogP contribution in [-0.2, 0) is 9.63 Å². The lowest BCUT2D eigenvalue weighted by atomic mass is 10.3. The number of carbonyl (C=O) groups excluding carboxylic acids is 1. The molecule has 1 aliphatic rings. The van der Waals surface area contributed by atoms with Gasteiger partial charge in [0.25, 0.3) is 0 Å². The van der Waals surface area contributed by atoms with Crippen molar-refractivity contribution >= 4 is 34.7 Å². The van der Waals surface area contributed by atoms with Crippen LogP contribution in [-0.4, -0.2) is 24.4 Å². The van der Waals surface area contributed by atoms with Gasteiger partial charge < -0.3 is 4.84 Å².